The molecular formula is C9H14N2O4. The van der Waals surface area contributed by atoms with E-state index in [1.807, 2.05) is 0 Å². The molecule has 0 bridgehead atoms. The molecule has 1 aromatic heterocycles. The molecule has 0 amide bonds. The Morgan fingerprint density at radius 2 is 2.07 bits per heavy atom. The number of aryl methyl sites for hydroxylation is 1. The van der Waals surface area contributed by atoms with E-state index in [1.165, 1.54) is 0 Å². The number of rotatable bonds is 4. The first-order valence-electron chi connectivity index (χ1n) is 4.99. The molecule has 0 aliphatic carbocycles. The van der Waals surface area contributed by atoms with Crippen LogP contribution in [0.15, 0.2) is 4.79 Å². The molecule has 2 heterocycles. The molecule has 6 heteroatoms. The monoisotopic (exact) mass is 214 g/mol. The molecule has 0 radical (unpaired) electrons. The van der Waals surface area contributed by atoms with Crippen LogP contribution in [0.3, 0.4) is 0 Å². The summed E-state index contributed by atoms with van der Waals surface area (Å²) in [6.45, 7) is 1.30. The van der Waals surface area contributed by atoms with Gasteiger partial charge in [-0.25, -0.2) is 4.79 Å². The summed E-state index contributed by atoms with van der Waals surface area (Å²) in [6, 6.07) is 0. The molecule has 1 aliphatic rings. The number of nitrogens with one attached hydrogen (secondary N) is 2. The largest absolute Gasteiger partial charge is 0.493 e. The zero-order valence-electron chi connectivity index (χ0n) is 8.28. The van der Waals surface area contributed by atoms with Crippen molar-refractivity contribution in [1.82, 2.24) is 9.97 Å². The zero-order valence-corrected chi connectivity index (χ0v) is 8.28. The molecule has 0 saturated carbocycles. The number of imidazole rings is 1. The Morgan fingerprint density at radius 3 is 2.67 bits per heavy atom. The normalized spacial score (nSPS) is 17.3. The Bertz CT molecular complexity index is 364. The number of hydrogen-bond acceptors (Lipinski definition) is 4. The van der Waals surface area contributed by atoms with Crippen LogP contribution in [0.4, 0.5) is 0 Å². The first kappa shape index (κ1) is 10.3. The molecule has 1 saturated heterocycles. The first-order valence-corrected chi connectivity index (χ1v) is 4.99. The molecule has 0 atom stereocenters. The predicted octanol–water partition coefficient (Wildman–Crippen LogP) is 0.104. The van der Waals surface area contributed by atoms with Gasteiger partial charge in [-0.2, -0.15) is 0 Å². The van der Waals surface area contributed by atoms with Gasteiger partial charge in [0.25, 0.3) is 0 Å². The molecule has 6 nitrogen and oxygen atoms in total. The van der Waals surface area contributed by atoms with E-state index in [2.05, 4.69) is 9.97 Å². The van der Waals surface area contributed by atoms with Gasteiger partial charge < -0.3 is 19.6 Å². The van der Waals surface area contributed by atoms with Crippen LogP contribution in [0, 0.1) is 0 Å². The molecule has 3 N–H and O–H groups in total. The lowest BCUT2D eigenvalue weighted by atomic mass is 10.2. The Labute approximate surface area is 86.2 Å². The van der Waals surface area contributed by atoms with Gasteiger partial charge in [0.05, 0.1) is 18.9 Å². The number of hydrogen-bond donors (Lipinski definition) is 3. The van der Waals surface area contributed by atoms with E-state index < -0.39 is 0 Å². The van der Waals surface area contributed by atoms with Crippen molar-refractivity contribution in [1.29, 1.82) is 0 Å². The fourth-order valence-electron chi connectivity index (χ4n) is 1.61. The van der Waals surface area contributed by atoms with E-state index in [9.17, 15) is 9.90 Å². The van der Waals surface area contributed by atoms with Crippen LogP contribution >= 0.6 is 0 Å². The van der Waals surface area contributed by atoms with Gasteiger partial charge in [-0.3, -0.25) is 4.98 Å². The van der Waals surface area contributed by atoms with Crippen LogP contribution in [0.2, 0.25) is 0 Å². The van der Waals surface area contributed by atoms with E-state index >= 15 is 0 Å². The van der Waals surface area contributed by atoms with Crippen molar-refractivity contribution in [3.8, 4) is 5.88 Å². The van der Waals surface area contributed by atoms with E-state index in [-0.39, 0.29) is 17.9 Å². The lowest BCUT2D eigenvalue weighted by molar-refractivity contribution is -0.0476. The molecule has 1 aliphatic heterocycles. The lowest BCUT2D eigenvalue weighted by Crippen LogP contribution is -2.07. The average molecular weight is 214 g/mol. The number of H-pyrrole nitrogens is 2. The highest BCUT2D eigenvalue weighted by molar-refractivity contribution is 5.15. The predicted molar refractivity (Wildman–Crippen MR) is 51.7 cm³/mol. The van der Waals surface area contributed by atoms with Crippen molar-refractivity contribution in [3.05, 3.63) is 16.2 Å². The van der Waals surface area contributed by atoms with Crippen LogP contribution in [-0.2, 0) is 15.9 Å². The minimum Gasteiger partial charge on any atom is -0.493 e. The van der Waals surface area contributed by atoms with Gasteiger partial charge in [-0.15, -0.1) is 0 Å². The van der Waals surface area contributed by atoms with Crippen molar-refractivity contribution >= 4 is 0 Å². The second-order valence-electron chi connectivity index (χ2n) is 3.47. The van der Waals surface area contributed by atoms with Crippen molar-refractivity contribution in [2.75, 3.05) is 13.2 Å². The summed E-state index contributed by atoms with van der Waals surface area (Å²) in [5.41, 5.74) is 0.161. The van der Waals surface area contributed by atoms with E-state index in [4.69, 9.17) is 9.47 Å². The van der Waals surface area contributed by atoms with E-state index in [1.54, 1.807) is 0 Å². The second-order valence-corrected chi connectivity index (χ2v) is 3.47. The van der Waals surface area contributed by atoms with Crippen LogP contribution in [0.1, 0.15) is 18.5 Å². The minimum atomic E-state index is -0.379. The summed E-state index contributed by atoms with van der Waals surface area (Å²) in [7, 11) is 0. The highest BCUT2D eigenvalue weighted by Crippen LogP contribution is 2.15. The maximum absolute atomic E-state index is 10.8. The van der Waals surface area contributed by atoms with E-state index in [0.717, 1.165) is 12.8 Å². The summed E-state index contributed by atoms with van der Waals surface area (Å²) in [5, 5.41) is 9.27. The smallest absolute Gasteiger partial charge is 0.325 e. The first-order chi connectivity index (χ1) is 7.25. The molecule has 0 spiro atoms. The number of aromatic amines is 2. The standard InChI is InChI=1S/C9H14N2O4/c12-8-6(10-9(13)11-8)2-1-3-7-14-4-5-15-7/h7,12H,1-5H2,(H2,10,11,13). The highest BCUT2D eigenvalue weighted by atomic mass is 16.7. The van der Waals surface area contributed by atoms with E-state index in [0.29, 0.717) is 25.3 Å². The van der Waals surface area contributed by atoms with Crippen molar-refractivity contribution < 1.29 is 14.6 Å². The van der Waals surface area contributed by atoms with Crippen LogP contribution < -0.4 is 5.69 Å². The molecule has 0 aromatic carbocycles. The van der Waals surface area contributed by atoms with Crippen molar-refractivity contribution in [2.24, 2.45) is 0 Å². The van der Waals surface area contributed by atoms with Crippen molar-refractivity contribution in [3.63, 3.8) is 0 Å². The van der Waals surface area contributed by atoms with Gasteiger partial charge in [-0.05, 0) is 19.3 Å². The number of ether oxygens (including phenoxy) is 2. The average Bonchev–Trinajstić information content (AvgIpc) is 2.77. The third kappa shape index (κ3) is 2.60. The van der Waals surface area contributed by atoms with Gasteiger partial charge in [0.2, 0.25) is 5.88 Å². The summed E-state index contributed by atoms with van der Waals surface area (Å²) < 4.78 is 10.5. The van der Waals surface area contributed by atoms with Gasteiger partial charge in [-0.1, -0.05) is 0 Å². The van der Waals surface area contributed by atoms with Gasteiger partial charge in [0, 0.05) is 0 Å². The maximum Gasteiger partial charge on any atom is 0.325 e. The molecule has 84 valence electrons. The summed E-state index contributed by atoms with van der Waals surface area (Å²) in [5.74, 6) is -0.0757. The Kier molecular flexibility index (Phi) is 3.08. The molecule has 1 aromatic rings. The Morgan fingerprint density at radius 1 is 1.33 bits per heavy atom. The summed E-state index contributed by atoms with van der Waals surface area (Å²) >= 11 is 0. The summed E-state index contributed by atoms with van der Waals surface area (Å²) in [6.07, 6.45) is 2.05. The maximum atomic E-state index is 10.8. The lowest BCUT2D eigenvalue weighted by Gasteiger charge is -2.07. The highest BCUT2D eigenvalue weighted by Gasteiger charge is 2.15. The third-order valence-electron chi connectivity index (χ3n) is 2.34. The summed E-state index contributed by atoms with van der Waals surface area (Å²) in [4.78, 5) is 15.6. The second kappa shape index (κ2) is 4.50. The van der Waals surface area contributed by atoms with Crippen LogP contribution in [-0.4, -0.2) is 34.6 Å². The Balaban J connectivity index is 1.77. The quantitative estimate of drug-likeness (QED) is 0.663. The van der Waals surface area contributed by atoms with Gasteiger partial charge in [0.15, 0.2) is 6.29 Å². The molecule has 15 heavy (non-hydrogen) atoms. The van der Waals surface area contributed by atoms with Crippen LogP contribution in [0.25, 0.3) is 0 Å². The SMILES string of the molecule is O=c1[nH]c(O)c(CCCC2OCCO2)[nH]1. The van der Waals surface area contributed by atoms with Gasteiger partial charge >= 0.3 is 5.69 Å². The fraction of sp³-hybridized carbons (Fsp3) is 0.667. The number of aromatic hydroxyl groups is 1. The third-order valence-corrected chi connectivity index (χ3v) is 2.34. The molecule has 2 rings (SSSR count). The fourth-order valence-corrected chi connectivity index (χ4v) is 1.61. The van der Waals surface area contributed by atoms with Crippen LogP contribution in [0.5, 0.6) is 5.88 Å². The van der Waals surface area contributed by atoms with Gasteiger partial charge in [0.1, 0.15) is 0 Å². The molecular weight excluding hydrogens is 200 g/mol. The zero-order chi connectivity index (χ0) is 10.7. The Hall–Kier alpha value is -1.27. The topological polar surface area (TPSA) is 87.3 Å². The molecule has 0 unspecified atom stereocenters. The molecule has 1 fully saturated rings. The van der Waals surface area contributed by atoms with Crippen molar-refractivity contribution in [2.45, 2.75) is 25.6 Å². The minimum absolute atomic E-state index is 0.0757. The number of aromatic nitrogens is 2.